The molecule has 0 spiro atoms. The first-order valence-corrected chi connectivity index (χ1v) is 17.7. The van der Waals surface area contributed by atoms with Gasteiger partial charge in [0.2, 0.25) is 17.7 Å². The zero-order valence-electron chi connectivity index (χ0n) is 29.8. The summed E-state index contributed by atoms with van der Waals surface area (Å²) in [6.07, 6.45) is 5.88. The minimum absolute atomic E-state index is 0.0141. The average molecular weight is 656 g/mol. The first-order valence-electron chi connectivity index (χ1n) is 17.7. The molecule has 2 aromatic rings. The number of fused-ring (bicyclic) bond motifs is 1. The van der Waals surface area contributed by atoms with Crippen molar-refractivity contribution in [3.63, 3.8) is 0 Å². The van der Waals surface area contributed by atoms with E-state index in [9.17, 15) is 19.5 Å². The van der Waals surface area contributed by atoms with E-state index in [1.165, 1.54) is 16.5 Å². The Morgan fingerprint density at radius 3 is 2.30 bits per heavy atom. The molecular formula is C37H61N5O5. The second-order valence-corrected chi connectivity index (χ2v) is 14.6. The van der Waals surface area contributed by atoms with Crippen molar-refractivity contribution >= 4 is 28.6 Å². The average Bonchev–Trinajstić information content (AvgIpc) is 3.78. The SMILES string of the molecule is COCCCn1ccc2ccc(C[C@@H](C[C@H](NC(=O)[C@@H](NC(=O)CN)C(C)C)[C@@H](O)C[C@H](C(=O)NCC3CC3)C(C)C)C(C)C)cc21. The van der Waals surface area contributed by atoms with Gasteiger partial charge in [-0.3, -0.25) is 14.4 Å². The van der Waals surface area contributed by atoms with E-state index in [4.69, 9.17) is 10.5 Å². The van der Waals surface area contributed by atoms with Gasteiger partial charge in [-0.1, -0.05) is 53.7 Å². The van der Waals surface area contributed by atoms with Gasteiger partial charge in [0.25, 0.3) is 0 Å². The highest BCUT2D eigenvalue weighted by Crippen LogP contribution is 2.30. The van der Waals surface area contributed by atoms with E-state index in [2.05, 4.69) is 64.8 Å². The van der Waals surface area contributed by atoms with Gasteiger partial charge in [-0.15, -0.1) is 0 Å². The van der Waals surface area contributed by atoms with E-state index < -0.39 is 30.0 Å². The number of hydrogen-bond acceptors (Lipinski definition) is 6. The van der Waals surface area contributed by atoms with Crippen LogP contribution in [-0.2, 0) is 32.1 Å². The molecule has 1 aromatic heterocycles. The van der Waals surface area contributed by atoms with Crippen molar-refractivity contribution in [2.45, 2.75) is 105 Å². The minimum atomic E-state index is -0.960. The summed E-state index contributed by atoms with van der Waals surface area (Å²) in [5.74, 6) is -0.450. The Morgan fingerprint density at radius 1 is 0.979 bits per heavy atom. The maximum Gasteiger partial charge on any atom is 0.243 e. The number of nitrogens with zero attached hydrogens (tertiary/aromatic N) is 1. The van der Waals surface area contributed by atoms with E-state index in [-0.39, 0.29) is 48.5 Å². The van der Waals surface area contributed by atoms with Crippen molar-refractivity contribution in [2.24, 2.45) is 41.2 Å². The Balaban J connectivity index is 1.85. The van der Waals surface area contributed by atoms with E-state index in [1.807, 2.05) is 27.7 Å². The highest BCUT2D eigenvalue weighted by molar-refractivity contribution is 5.88. The smallest absolute Gasteiger partial charge is 0.243 e. The van der Waals surface area contributed by atoms with E-state index in [0.717, 1.165) is 32.2 Å². The lowest BCUT2D eigenvalue weighted by Crippen LogP contribution is -2.56. The summed E-state index contributed by atoms with van der Waals surface area (Å²) >= 11 is 0. The molecule has 10 nitrogen and oxygen atoms in total. The fourth-order valence-corrected chi connectivity index (χ4v) is 6.31. The number of ether oxygens (including phenoxy) is 1. The lowest BCUT2D eigenvalue weighted by Gasteiger charge is -2.34. The Morgan fingerprint density at radius 2 is 1.70 bits per heavy atom. The Kier molecular flexibility index (Phi) is 15.2. The van der Waals surface area contributed by atoms with Gasteiger partial charge in [-0.25, -0.2) is 0 Å². The number of aryl methyl sites for hydroxylation is 1. The van der Waals surface area contributed by atoms with Crippen LogP contribution in [0.2, 0.25) is 0 Å². The van der Waals surface area contributed by atoms with Crippen molar-refractivity contribution in [3.8, 4) is 0 Å². The molecule has 1 aromatic carbocycles. The summed E-state index contributed by atoms with van der Waals surface area (Å²) in [5.41, 5.74) is 7.91. The van der Waals surface area contributed by atoms with Crippen molar-refractivity contribution < 1.29 is 24.2 Å². The molecule has 264 valence electrons. The maximum absolute atomic E-state index is 13.7. The zero-order valence-corrected chi connectivity index (χ0v) is 29.8. The molecule has 3 amide bonds. The number of benzene rings is 1. The third-order valence-corrected chi connectivity index (χ3v) is 9.73. The molecular weight excluding hydrogens is 594 g/mol. The number of aliphatic hydroxyl groups excluding tert-OH is 1. The van der Waals surface area contributed by atoms with Crippen LogP contribution in [0.5, 0.6) is 0 Å². The Bertz CT molecular complexity index is 1290. The molecule has 10 heteroatoms. The van der Waals surface area contributed by atoms with Crippen molar-refractivity contribution in [3.05, 3.63) is 36.0 Å². The van der Waals surface area contributed by atoms with Crippen molar-refractivity contribution in [1.29, 1.82) is 0 Å². The fourth-order valence-electron chi connectivity index (χ4n) is 6.31. The van der Waals surface area contributed by atoms with E-state index in [0.29, 0.717) is 25.5 Å². The van der Waals surface area contributed by atoms with Gasteiger partial charge in [0.15, 0.2) is 0 Å². The van der Waals surface area contributed by atoms with Gasteiger partial charge in [-0.05, 0) is 91.2 Å². The summed E-state index contributed by atoms with van der Waals surface area (Å²) in [6, 6.07) is 7.28. The molecule has 5 atom stereocenters. The van der Waals surface area contributed by atoms with Crippen LogP contribution in [0, 0.1) is 35.5 Å². The molecule has 0 bridgehead atoms. The summed E-state index contributed by atoms with van der Waals surface area (Å²) in [7, 11) is 1.72. The topological polar surface area (TPSA) is 148 Å². The maximum atomic E-state index is 13.7. The number of aliphatic hydroxyl groups is 1. The Labute approximate surface area is 281 Å². The van der Waals surface area contributed by atoms with Crippen LogP contribution in [0.3, 0.4) is 0 Å². The number of nitrogens with one attached hydrogen (secondary N) is 3. The minimum Gasteiger partial charge on any atom is -0.391 e. The monoisotopic (exact) mass is 655 g/mol. The number of rotatable bonds is 21. The zero-order chi connectivity index (χ0) is 34.7. The van der Waals surface area contributed by atoms with Gasteiger partial charge in [-0.2, -0.15) is 0 Å². The molecule has 1 aliphatic carbocycles. The number of aromatic nitrogens is 1. The molecule has 47 heavy (non-hydrogen) atoms. The number of nitrogens with two attached hydrogens (primary N) is 1. The normalized spacial score (nSPS) is 16.7. The van der Waals surface area contributed by atoms with Crippen molar-refractivity contribution in [2.75, 3.05) is 26.8 Å². The van der Waals surface area contributed by atoms with Crippen LogP contribution >= 0.6 is 0 Å². The molecule has 0 radical (unpaired) electrons. The van der Waals surface area contributed by atoms with Crippen molar-refractivity contribution in [1.82, 2.24) is 20.5 Å². The third kappa shape index (κ3) is 11.9. The van der Waals surface area contributed by atoms with Crippen LogP contribution < -0.4 is 21.7 Å². The quantitative estimate of drug-likeness (QED) is 0.128. The van der Waals surface area contributed by atoms with Gasteiger partial charge >= 0.3 is 0 Å². The number of amides is 3. The highest BCUT2D eigenvalue weighted by atomic mass is 16.5. The Hall–Kier alpha value is -2.95. The largest absolute Gasteiger partial charge is 0.391 e. The third-order valence-electron chi connectivity index (χ3n) is 9.73. The second kappa shape index (κ2) is 18.6. The van der Waals surface area contributed by atoms with Crippen LogP contribution in [0.25, 0.3) is 10.9 Å². The van der Waals surface area contributed by atoms with Crippen LogP contribution in [0.4, 0.5) is 0 Å². The highest BCUT2D eigenvalue weighted by Gasteiger charge is 2.35. The first kappa shape index (κ1) is 38.5. The molecule has 3 rings (SSSR count). The molecule has 0 saturated heterocycles. The van der Waals surface area contributed by atoms with E-state index in [1.54, 1.807) is 7.11 Å². The molecule has 6 N–H and O–H groups in total. The molecule has 1 heterocycles. The van der Waals surface area contributed by atoms with Gasteiger partial charge < -0.3 is 36.1 Å². The number of carbonyl (C=O) groups excluding carboxylic acids is 3. The number of carbonyl (C=O) groups is 3. The van der Waals surface area contributed by atoms with E-state index >= 15 is 0 Å². The lowest BCUT2D eigenvalue weighted by molar-refractivity contribution is -0.131. The van der Waals surface area contributed by atoms with Gasteiger partial charge in [0.05, 0.1) is 18.7 Å². The first-order chi connectivity index (χ1) is 22.3. The second-order valence-electron chi connectivity index (χ2n) is 14.6. The predicted molar refractivity (Wildman–Crippen MR) is 188 cm³/mol. The summed E-state index contributed by atoms with van der Waals surface area (Å²) in [6.45, 7) is 14.1. The number of methoxy groups -OCH3 is 1. The summed E-state index contributed by atoms with van der Waals surface area (Å²) in [4.78, 5) is 39.1. The van der Waals surface area contributed by atoms with Gasteiger partial charge in [0, 0.05) is 44.4 Å². The predicted octanol–water partition coefficient (Wildman–Crippen LogP) is 4.02. The summed E-state index contributed by atoms with van der Waals surface area (Å²) < 4.78 is 7.51. The molecule has 0 aliphatic heterocycles. The van der Waals surface area contributed by atoms with Gasteiger partial charge in [0.1, 0.15) is 6.04 Å². The summed E-state index contributed by atoms with van der Waals surface area (Å²) in [5, 5.41) is 21.9. The standard InChI is InChI=1S/C37H61N5O5/c1-23(2)29(17-27-11-12-28-13-15-42(32(28)18-27)14-8-16-47-7)19-31(40-37(46)35(25(5)6)41-34(44)21-38)33(43)20-30(24(3)4)36(45)39-22-26-9-10-26/h11-13,15,18,23-26,29-31,33,35,43H,8-10,14,16-17,19-22,38H2,1-7H3,(H,39,45)(H,40,46)(H,41,44)/t29-,30-,31-,33-,35-/m0/s1. The molecule has 0 unspecified atom stereocenters. The molecule has 1 fully saturated rings. The van der Waals surface area contributed by atoms with Crippen LogP contribution in [0.1, 0.15) is 79.2 Å². The van der Waals surface area contributed by atoms with Crippen LogP contribution in [-0.4, -0.2) is 72.4 Å². The fraction of sp³-hybridized carbons (Fsp3) is 0.703. The molecule has 1 saturated carbocycles. The molecule has 1 aliphatic rings. The van der Waals surface area contributed by atoms with Crippen LogP contribution in [0.15, 0.2) is 30.5 Å². The number of hydrogen-bond donors (Lipinski definition) is 5. The lowest BCUT2D eigenvalue weighted by atomic mass is 9.80.